The predicted molar refractivity (Wildman–Crippen MR) is 83.1 cm³/mol. The molecule has 116 valence electrons. The van der Waals surface area contributed by atoms with Crippen LogP contribution in [0.2, 0.25) is 0 Å². The third kappa shape index (κ3) is 3.18. The van der Waals surface area contributed by atoms with Crippen LogP contribution in [0.3, 0.4) is 0 Å². The largest absolute Gasteiger partial charge is 0.379 e. The molecule has 0 bridgehead atoms. The number of rotatable bonds is 4. The Morgan fingerprint density at radius 2 is 2.00 bits per heavy atom. The molecule has 1 aromatic rings. The minimum Gasteiger partial charge on any atom is -0.379 e. The normalized spacial score (nSPS) is 22.4. The number of piperidine rings is 1. The highest BCUT2D eigenvalue weighted by molar-refractivity contribution is 5.45. The maximum atomic E-state index is 5.46. The van der Waals surface area contributed by atoms with Crippen LogP contribution in [0.4, 0.5) is 17.8 Å². The Kier molecular flexibility index (Phi) is 4.38. The number of hydrogen-bond donors (Lipinski definition) is 1. The predicted octanol–water partition coefficient (Wildman–Crippen LogP) is 1.13. The molecule has 3 heterocycles. The third-order valence-electron chi connectivity index (χ3n) is 4.24. The number of nitrogens with zero attached hydrogens (tertiary/aromatic N) is 5. The Morgan fingerprint density at radius 3 is 2.67 bits per heavy atom. The molecule has 2 aliphatic rings. The molecule has 7 heteroatoms. The van der Waals surface area contributed by atoms with Gasteiger partial charge < -0.3 is 19.9 Å². The smallest absolute Gasteiger partial charge is 0.232 e. The van der Waals surface area contributed by atoms with Gasteiger partial charge in [0.05, 0.1) is 12.6 Å². The van der Waals surface area contributed by atoms with Crippen LogP contribution in [0.5, 0.6) is 0 Å². The summed E-state index contributed by atoms with van der Waals surface area (Å²) in [5.41, 5.74) is 0. The highest BCUT2D eigenvalue weighted by Crippen LogP contribution is 2.22. The van der Waals surface area contributed by atoms with Gasteiger partial charge in [-0.1, -0.05) is 0 Å². The summed E-state index contributed by atoms with van der Waals surface area (Å²) < 4.78 is 5.46. The molecule has 7 nitrogen and oxygen atoms in total. The first-order chi connectivity index (χ1) is 10.3. The van der Waals surface area contributed by atoms with Crippen LogP contribution in [0.25, 0.3) is 0 Å². The SMILES string of the molecule is CNc1nc(N2CCCCC2)nc(N(C)C2CCOC2)n1. The molecular weight excluding hydrogens is 268 g/mol. The Labute approximate surface area is 125 Å². The highest BCUT2D eigenvalue weighted by atomic mass is 16.5. The van der Waals surface area contributed by atoms with E-state index in [1.807, 2.05) is 14.1 Å². The Balaban J connectivity index is 1.84. The van der Waals surface area contributed by atoms with Crippen LogP contribution in [-0.2, 0) is 4.74 Å². The first kappa shape index (κ1) is 14.3. The van der Waals surface area contributed by atoms with Crippen molar-refractivity contribution in [1.82, 2.24) is 15.0 Å². The second kappa shape index (κ2) is 6.43. The van der Waals surface area contributed by atoms with E-state index in [4.69, 9.17) is 4.74 Å². The molecule has 1 atom stereocenters. The highest BCUT2D eigenvalue weighted by Gasteiger charge is 2.24. The lowest BCUT2D eigenvalue weighted by molar-refractivity contribution is 0.193. The number of hydrogen-bond acceptors (Lipinski definition) is 7. The summed E-state index contributed by atoms with van der Waals surface area (Å²) in [6, 6.07) is 0.353. The molecule has 1 aromatic heterocycles. The molecule has 1 N–H and O–H groups in total. The standard InChI is InChI=1S/C14H24N6O/c1-15-12-16-13(19(2)11-6-9-21-10-11)18-14(17-12)20-7-4-3-5-8-20/h11H,3-10H2,1-2H3,(H,15,16,17,18). The van der Waals surface area contributed by atoms with E-state index < -0.39 is 0 Å². The van der Waals surface area contributed by atoms with Crippen LogP contribution in [0.1, 0.15) is 25.7 Å². The molecule has 0 spiro atoms. The van der Waals surface area contributed by atoms with Crippen molar-refractivity contribution in [3.8, 4) is 0 Å². The van der Waals surface area contributed by atoms with Crippen molar-refractivity contribution in [2.75, 3.05) is 55.5 Å². The molecule has 3 rings (SSSR count). The Morgan fingerprint density at radius 1 is 1.19 bits per heavy atom. The minimum absolute atomic E-state index is 0.353. The zero-order valence-corrected chi connectivity index (χ0v) is 12.9. The van der Waals surface area contributed by atoms with Crippen LogP contribution in [-0.4, -0.2) is 61.4 Å². The second-order valence-corrected chi connectivity index (χ2v) is 5.69. The van der Waals surface area contributed by atoms with E-state index in [9.17, 15) is 0 Å². The van der Waals surface area contributed by atoms with Gasteiger partial charge in [0.2, 0.25) is 17.8 Å². The molecule has 0 radical (unpaired) electrons. The summed E-state index contributed by atoms with van der Waals surface area (Å²) in [7, 11) is 3.88. The Hall–Kier alpha value is -1.63. The fourth-order valence-electron chi connectivity index (χ4n) is 2.85. The lowest BCUT2D eigenvalue weighted by Gasteiger charge is -2.29. The van der Waals surface area contributed by atoms with Gasteiger partial charge >= 0.3 is 0 Å². The zero-order valence-electron chi connectivity index (χ0n) is 12.9. The first-order valence-electron chi connectivity index (χ1n) is 7.77. The van der Waals surface area contributed by atoms with Gasteiger partial charge in [-0.25, -0.2) is 0 Å². The van der Waals surface area contributed by atoms with E-state index in [1.54, 1.807) is 0 Å². The van der Waals surface area contributed by atoms with E-state index in [-0.39, 0.29) is 0 Å². The lowest BCUT2D eigenvalue weighted by atomic mass is 10.1. The van der Waals surface area contributed by atoms with Crippen molar-refractivity contribution in [3.63, 3.8) is 0 Å². The van der Waals surface area contributed by atoms with Crippen molar-refractivity contribution < 1.29 is 4.74 Å². The summed E-state index contributed by atoms with van der Waals surface area (Å²) in [5, 5.41) is 3.05. The van der Waals surface area contributed by atoms with Gasteiger partial charge in [0, 0.05) is 33.8 Å². The molecule has 0 aromatic carbocycles. The second-order valence-electron chi connectivity index (χ2n) is 5.69. The molecule has 2 aliphatic heterocycles. The number of ether oxygens (including phenoxy) is 1. The summed E-state index contributed by atoms with van der Waals surface area (Å²) >= 11 is 0. The van der Waals surface area contributed by atoms with Gasteiger partial charge in [-0.05, 0) is 25.7 Å². The quantitative estimate of drug-likeness (QED) is 0.892. The molecule has 0 amide bonds. The van der Waals surface area contributed by atoms with Crippen molar-refractivity contribution in [2.24, 2.45) is 0 Å². The topological polar surface area (TPSA) is 66.4 Å². The van der Waals surface area contributed by atoms with E-state index >= 15 is 0 Å². The summed E-state index contributed by atoms with van der Waals surface area (Å²) in [4.78, 5) is 18.1. The molecule has 21 heavy (non-hydrogen) atoms. The number of anilines is 3. The average molecular weight is 292 g/mol. The third-order valence-corrected chi connectivity index (χ3v) is 4.24. The first-order valence-corrected chi connectivity index (χ1v) is 7.77. The average Bonchev–Trinajstić information content (AvgIpc) is 3.09. The number of aromatic nitrogens is 3. The van der Waals surface area contributed by atoms with Gasteiger partial charge in [-0.15, -0.1) is 0 Å². The maximum Gasteiger partial charge on any atom is 0.232 e. The van der Waals surface area contributed by atoms with Crippen LogP contribution in [0, 0.1) is 0 Å². The zero-order chi connectivity index (χ0) is 14.7. The minimum atomic E-state index is 0.353. The van der Waals surface area contributed by atoms with E-state index in [0.717, 1.165) is 44.6 Å². The van der Waals surface area contributed by atoms with Crippen molar-refractivity contribution in [1.29, 1.82) is 0 Å². The van der Waals surface area contributed by atoms with Crippen LogP contribution >= 0.6 is 0 Å². The van der Waals surface area contributed by atoms with E-state index in [1.165, 1.54) is 19.3 Å². The van der Waals surface area contributed by atoms with Gasteiger partial charge in [0.1, 0.15) is 0 Å². The summed E-state index contributed by atoms with van der Waals surface area (Å²) in [5.74, 6) is 2.14. The van der Waals surface area contributed by atoms with Crippen LogP contribution in [0.15, 0.2) is 0 Å². The van der Waals surface area contributed by atoms with Crippen molar-refractivity contribution >= 4 is 17.8 Å². The van der Waals surface area contributed by atoms with Crippen molar-refractivity contribution in [3.05, 3.63) is 0 Å². The monoisotopic (exact) mass is 292 g/mol. The fraction of sp³-hybridized carbons (Fsp3) is 0.786. The molecule has 1 unspecified atom stereocenters. The maximum absolute atomic E-state index is 5.46. The van der Waals surface area contributed by atoms with Crippen LogP contribution < -0.4 is 15.1 Å². The molecule has 0 saturated carbocycles. The summed E-state index contributed by atoms with van der Waals surface area (Å²) in [6.07, 6.45) is 4.74. The summed E-state index contributed by atoms with van der Waals surface area (Å²) in [6.45, 7) is 3.62. The van der Waals surface area contributed by atoms with Gasteiger partial charge in [-0.2, -0.15) is 15.0 Å². The fourth-order valence-corrected chi connectivity index (χ4v) is 2.85. The lowest BCUT2D eigenvalue weighted by Crippen LogP contribution is -2.35. The molecule has 2 saturated heterocycles. The van der Waals surface area contributed by atoms with Gasteiger partial charge in [0.15, 0.2) is 0 Å². The molecule has 0 aliphatic carbocycles. The Bertz CT molecular complexity index is 471. The number of nitrogens with one attached hydrogen (secondary N) is 1. The van der Waals surface area contributed by atoms with Gasteiger partial charge in [0.25, 0.3) is 0 Å². The van der Waals surface area contributed by atoms with Crippen molar-refractivity contribution in [2.45, 2.75) is 31.7 Å². The number of likely N-dealkylation sites (N-methyl/N-ethyl adjacent to an activating group) is 1. The molecular formula is C14H24N6O. The van der Waals surface area contributed by atoms with E-state index in [2.05, 4.69) is 30.1 Å². The van der Waals surface area contributed by atoms with Gasteiger partial charge in [-0.3, -0.25) is 0 Å². The van der Waals surface area contributed by atoms with E-state index in [0.29, 0.717) is 12.0 Å². The molecule has 2 fully saturated rings.